The first-order valence-electron chi connectivity index (χ1n) is 7.83. The Labute approximate surface area is 140 Å². The summed E-state index contributed by atoms with van der Waals surface area (Å²) in [5.41, 5.74) is 1.26. The van der Waals surface area contributed by atoms with Gasteiger partial charge in [-0.05, 0) is 47.9 Å². The molecule has 1 aliphatic rings. The van der Waals surface area contributed by atoms with Gasteiger partial charge in [0.25, 0.3) is 0 Å². The Morgan fingerprint density at radius 1 is 0.913 bits per heavy atom. The Morgan fingerprint density at radius 3 is 2.35 bits per heavy atom. The lowest BCUT2D eigenvalue weighted by molar-refractivity contribution is 0.415. The molecular weight excluding hydrogens is 306 g/mol. The second-order valence-corrected chi connectivity index (χ2v) is 6.48. The van der Waals surface area contributed by atoms with Gasteiger partial charge in [-0.3, -0.25) is 0 Å². The van der Waals surface area contributed by atoms with Crippen LogP contribution in [-0.2, 0) is 0 Å². The van der Waals surface area contributed by atoms with Gasteiger partial charge in [0.15, 0.2) is 0 Å². The third-order valence-corrected chi connectivity index (χ3v) is 5.19. The van der Waals surface area contributed by atoms with E-state index in [-0.39, 0.29) is 0 Å². The summed E-state index contributed by atoms with van der Waals surface area (Å²) in [5.74, 6) is 2.04. The lowest BCUT2D eigenvalue weighted by Crippen LogP contribution is -2.46. The normalized spacial score (nSPS) is 15.2. The quantitative estimate of drug-likeness (QED) is 0.735. The van der Waals surface area contributed by atoms with Crippen LogP contribution in [0.1, 0.15) is 0 Å². The summed E-state index contributed by atoms with van der Waals surface area (Å²) in [7, 11) is 1.70. The minimum Gasteiger partial charge on any atom is -0.497 e. The van der Waals surface area contributed by atoms with Gasteiger partial charge in [-0.2, -0.15) is 4.37 Å². The minimum atomic E-state index is 0.904. The van der Waals surface area contributed by atoms with Crippen LogP contribution in [0.25, 0.3) is 10.1 Å². The van der Waals surface area contributed by atoms with Crippen LogP contribution >= 0.6 is 11.5 Å². The molecule has 0 radical (unpaired) electrons. The van der Waals surface area contributed by atoms with Gasteiger partial charge in [0, 0.05) is 37.3 Å². The third-order valence-electron chi connectivity index (χ3n) is 4.38. The molecule has 23 heavy (non-hydrogen) atoms. The molecule has 118 valence electrons. The number of rotatable bonds is 3. The first-order valence-corrected chi connectivity index (χ1v) is 8.61. The average molecular weight is 325 g/mol. The van der Waals surface area contributed by atoms with E-state index in [1.54, 1.807) is 18.6 Å². The van der Waals surface area contributed by atoms with Gasteiger partial charge < -0.3 is 14.5 Å². The van der Waals surface area contributed by atoms with Gasteiger partial charge in [0.1, 0.15) is 11.6 Å². The van der Waals surface area contributed by atoms with Crippen molar-refractivity contribution in [3.05, 3.63) is 48.5 Å². The molecule has 3 aromatic rings. The number of aromatic nitrogens is 1. The van der Waals surface area contributed by atoms with Gasteiger partial charge in [-0.1, -0.05) is 12.1 Å². The standard InChI is InChI=1S/C18H19N3OS/c1-22-15-8-6-14(7-9-15)20-10-12-21(13-11-20)18-16-4-2-3-5-17(16)23-19-18/h2-9H,10-13H2,1H3. The molecule has 0 N–H and O–H groups in total. The summed E-state index contributed by atoms with van der Waals surface area (Å²) in [6.45, 7) is 4.02. The van der Waals surface area contributed by atoms with E-state index in [4.69, 9.17) is 4.74 Å². The highest BCUT2D eigenvalue weighted by molar-refractivity contribution is 7.13. The molecule has 0 saturated carbocycles. The van der Waals surface area contributed by atoms with E-state index in [9.17, 15) is 0 Å². The number of fused-ring (bicyclic) bond motifs is 1. The number of anilines is 2. The zero-order valence-electron chi connectivity index (χ0n) is 13.1. The van der Waals surface area contributed by atoms with Gasteiger partial charge in [-0.15, -0.1) is 0 Å². The van der Waals surface area contributed by atoms with Crippen LogP contribution in [0.5, 0.6) is 5.75 Å². The van der Waals surface area contributed by atoms with E-state index >= 15 is 0 Å². The average Bonchev–Trinajstić information content (AvgIpc) is 3.06. The molecule has 4 rings (SSSR count). The summed E-state index contributed by atoms with van der Waals surface area (Å²) in [4.78, 5) is 4.82. The Bertz CT molecular complexity index is 791. The van der Waals surface area contributed by atoms with E-state index < -0.39 is 0 Å². The zero-order valence-corrected chi connectivity index (χ0v) is 13.9. The monoisotopic (exact) mass is 325 g/mol. The largest absolute Gasteiger partial charge is 0.497 e. The lowest BCUT2D eigenvalue weighted by atomic mass is 10.2. The number of benzene rings is 2. The molecule has 2 heterocycles. The summed E-state index contributed by atoms with van der Waals surface area (Å²) >= 11 is 1.59. The van der Waals surface area contributed by atoms with Crippen LogP contribution < -0.4 is 14.5 Å². The molecule has 4 nitrogen and oxygen atoms in total. The highest BCUT2D eigenvalue weighted by Crippen LogP contribution is 2.30. The van der Waals surface area contributed by atoms with Crippen LogP contribution in [0, 0.1) is 0 Å². The van der Waals surface area contributed by atoms with E-state index in [1.807, 2.05) is 12.1 Å². The Morgan fingerprint density at radius 2 is 1.61 bits per heavy atom. The summed E-state index contributed by atoms with van der Waals surface area (Å²) in [5, 5.41) is 1.27. The highest BCUT2D eigenvalue weighted by Gasteiger charge is 2.20. The fourth-order valence-electron chi connectivity index (χ4n) is 3.07. The van der Waals surface area contributed by atoms with Crippen molar-refractivity contribution in [2.24, 2.45) is 0 Å². The molecule has 0 unspecified atom stereocenters. The van der Waals surface area contributed by atoms with Gasteiger partial charge in [0.2, 0.25) is 0 Å². The molecule has 5 heteroatoms. The third kappa shape index (κ3) is 2.72. The van der Waals surface area contributed by atoms with Crippen molar-refractivity contribution in [3.63, 3.8) is 0 Å². The van der Waals surface area contributed by atoms with E-state index in [2.05, 4.69) is 50.6 Å². The second-order valence-electron chi connectivity index (χ2n) is 5.67. The molecule has 0 amide bonds. The number of nitrogens with zero attached hydrogens (tertiary/aromatic N) is 3. The van der Waals surface area contributed by atoms with Crippen LogP contribution in [0.4, 0.5) is 11.5 Å². The molecule has 0 aliphatic carbocycles. The predicted molar refractivity (Wildman–Crippen MR) is 97.0 cm³/mol. The summed E-state index contributed by atoms with van der Waals surface area (Å²) in [6.07, 6.45) is 0. The second kappa shape index (κ2) is 6.08. The summed E-state index contributed by atoms with van der Waals surface area (Å²) in [6, 6.07) is 16.8. The maximum Gasteiger partial charge on any atom is 0.150 e. The molecule has 1 saturated heterocycles. The van der Waals surface area contributed by atoms with Crippen molar-refractivity contribution in [2.45, 2.75) is 0 Å². The molecule has 0 atom stereocenters. The molecule has 1 aromatic heterocycles. The molecule has 2 aromatic carbocycles. The van der Waals surface area contributed by atoms with Gasteiger partial charge in [-0.25, -0.2) is 0 Å². The van der Waals surface area contributed by atoms with Crippen LogP contribution in [0.15, 0.2) is 48.5 Å². The zero-order chi connectivity index (χ0) is 15.6. The maximum atomic E-state index is 5.23. The van der Waals surface area contributed by atoms with Gasteiger partial charge in [0.05, 0.1) is 11.8 Å². The highest BCUT2D eigenvalue weighted by atomic mass is 32.1. The fourth-order valence-corrected chi connectivity index (χ4v) is 3.87. The van der Waals surface area contributed by atoms with Gasteiger partial charge >= 0.3 is 0 Å². The van der Waals surface area contributed by atoms with Crippen molar-refractivity contribution >= 4 is 33.1 Å². The smallest absolute Gasteiger partial charge is 0.150 e. The minimum absolute atomic E-state index is 0.904. The number of hydrogen-bond donors (Lipinski definition) is 0. The number of piperazine rings is 1. The number of hydrogen-bond acceptors (Lipinski definition) is 5. The number of ether oxygens (including phenoxy) is 1. The van der Waals surface area contributed by atoms with E-state index in [0.29, 0.717) is 0 Å². The number of methoxy groups -OCH3 is 1. The Hall–Kier alpha value is -2.27. The fraction of sp³-hybridized carbons (Fsp3) is 0.278. The van der Waals surface area contributed by atoms with Crippen molar-refractivity contribution in [3.8, 4) is 5.75 Å². The van der Waals surface area contributed by atoms with E-state index in [0.717, 1.165) is 37.7 Å². The van der Waals surface area contributed by atoms with Crippen molar-refractivity contribution in [1.29, 1.82) is 0 Å². The molecule has 0 spiro atoms. The first-order chi connectivity index (χ1) is 11.3. The van der Waals surface area contributed by atoms with Crippen molar-refractivity contribution < 1.29 is 4.74 Å². The first kappa shape index (κ1) is 14.3. The Balaban J connectivity index is 1.48. The molecule has 1 fully saturated rings. The van der Waals surface area contributed by atoms with Crippen LogP contribution in [-0.4, -0.2) is 37.7 Å². The van der Waals surface area contributed by atoms with E-state index in [1.165, 1.54) is 15.8 Å². The van der Waals surface area contributed by atoms with Crippen LogP contribution in [0.2, 0.25) is 0 Å². The van der Waals surface area contributed by atoms with Crippen molar-refractivity contribution in [2.75, 3.05) is 43.1 Å². The molecule has 1 aliphatic heterocycles. The summed E-state index contributed by atoms with van der Waals surface area (Å²) < 4.78 is 11.2. The lowest BCUT2D eigenvalue weighted by Gasteiger charge is -2.36. The molecule has 0 bridgehead atoms. The SMILES string of the molecule is COc1ccc(N2CCN(c3nsc4ccccc34)CC2)cc1. The van der Waals surface area contributed by atoms with Crippen LogP contribution in [0.3, 0.4) is 0 Å². The maximum absolute atomic E-state index is 5.23. The Kier molecular flexibility index (Phi) is 3.79. The topological polar surface area (TPSA) is 28.6 Å². The van der Waals surface area contributed by atoms with Crippen molar-refractivity contribution in [1.82, 2.24) is 4.37 Å². The molecular formula is C18H19N3OS. The predicted octanol–water partition coefficient (Wildman–Crippen LogP) is 3.63.